The Labute approximate surface area is 109 Å². The molecule has 0 N–H and O–H groups in total. The summed E-state index contributed by atoms with van der Waals surface area (Å²) < 4.78 is 18.0. The summed E-state index contributed by atoms with van der Waals surface area (Å²) in [6.07, 6.45) is 1.61. The van der Waals surface area contributed by atoms with Crippen LogP contribution in [0.4, 0.5) is 4.39 Å². The Morgan fingerprint density at radius 1 is 1.33 bits per heavy atom. The number of ketones is 1. The van der Waals surface area contributed by atoms with Crippen LogP contribution >= 0.6 is 11.8 Å². The number of furan rings is 1. The van der Waals surface area contributed by atoms with Crippen molar-refractivity contribution in [3.63, 3.8) is 0 Å². The second kappa shape index (κ2) is 5.87. The molecular formula is C14H13FO2S. The van der Waals surface area contributed by atoms with Gasteiger partial charge in [0, 0.05) is 5.56 Å². The number of hydrogen-bond acceptors (Lipinski definition) is 3. The molecule has 0 bridgehead atoms. The quantitative estimate of drug-likeness (QED) is 0.767. The van der Waals surface area contributed by atoms with Crippen LogP contribution in [0.25, 0.3) is 0 Å². The van der Waals surface area contributed by atoms with Crippen molar-refractivity contribution in [2.75, 3.05) is 0 Å². The first-order chi connectivity index (χ1) is 8.66. The molecule has 1 aromatic heterocycles. The molecule has 0 amide bonds. The van der Waals surface area contributed by atoms with Gasteiger partial charge in [-0.15, -0.1) is 11.8 Å². The standard InChI is InChI=1S/C14H13FO2S/c1-10(18-9-13-3-2-8-17-13)14(16)11-4-6-12(15)7-5-11/h2-8,10H,9H2,1H3. The predicted octanol–water partition coefficient (Wildman–Crippen LogP) is 3.92. The fourth-order valence-corrected chi connectivity index (χ4v) is 2.39. The molecule has 1 aromatic carbocycles. The van der Waals surface area contributed by atoms with Crippen molar-refractivity contribution in [1.29, 1.82) is 0 Å². The van der Waals surface area contributed by atoms with Crippen molar-refractivity contribution in [3.05, 3.63) is 59.8 Å². The topological polar surface area (TPSA) is 30.2 Å². The first-order valence-corrected chi connectivity index (χ1v) is 6.65. The number of hydrogen-bond donors (Lipinski definition) is 0. The summed E-state index contributed by atoms with van der Waals surface area (Å²) in [5, 5.41) is -0.180. The van der Waals surface area contributed by atoms with Crippen molar-refractivity contribution in [2.45, 2.75) is 17.9 Å². The third kappa shape index (κ3) is 3.23. The highest BCUT2D eigenvalue weighted by atomic mass is 32.2. The Kier molecular flexibility index (Phi) is 4.20. The van der Waals surface area contributed by atoms with E-state index < -0.39 is 0 Å². The van der Waals surface area contributed by atoms with Crippen molar-refractivity contribution in [3.8, 4) is 0 Å². The van der Waals surface area contributed by atoms with Gasteiger partial charge in [0.2, 0.25) is 0 Å². The van der Waals surface area contributed by atoms with E-state index in [2.05, 4.69) is 0 Å². The summed E-state index contributed by atoms with van der Waals surface area (Å²) in [6, 6.07) is 9.34. The van der Waals surface area contributed by atoms with E-state index in [9.17, 15) is 9.18 Å². The molecule has 94 valence electrons. The van der Waals surface area contributed by atoms with Crippen LogP contribution in [-0.4, -0.2) is 11.0 Å². The number of rotatable bonds is 5. The van der Waals surface area contributed by atoms with Gasteiger partial charge in [0.05, 0.1) is 17.3 Å². The smallest absolute Gasteiger partial charge is 0.175 e. The Morgan fingerprint density at radius 2 is 2.06 bits per heavy atom. The van der Waals surface area contributed by atoms with Crippen LogP contribution in [0.1, 0.15) is 23.0 Å². The third-order valence-corrected chi connectivity index (χ3v) is 3.72. The van der Waals surface area contributed by atoms with Crippen LogP contribution < -0.4 is 0 Å². The molecule has 1 unspecified atom stereocenters. The Morgan fingerprint density at radius 3 is 2.67 bits per heavy atom. The summed E-state index contributed by atoms with van der Waals surface area (Å²) in [6.45, 7) is 1.85. The average molecular weight is 264 g/mol. The van der Waals surface area contributed by atoms with E-state index >= 15 is 0 Å². The lowest BCUT2D eigenvalue weighted by atomic mass is 10.1. The van der Waals surface area contributed by atoms with E-state index in [1.54, 1.807) is 6.26 Å². The Bertz CT molecular complexity index is 505. The summed E-state index contributed by atoms with van der Waals surface area (Å²) in [5.41, 5.74) is 0.538. The number of thioether (sulfide) groups is 1. The minimum atomic E-state index is -0.331. The molecule has 2 rings (SSSR count). The maximum absolute atomic E-state index is 12.8. The van der Waals surface area contributed by atoms with E-state index in [1.165, 1.54) is 36.0 Å². The number of halogens is 1. The molecule has 2 nitrogen and oxygen atoms in total. The first-order valence-electron chi connectivity index (χ1n) is 5.60. The summed E-state index contributed by atoms with van der Waals surface area (Å²) >= 11 is 1.50. The molecule has 0 aliphatic heterocycles. The van der Waals surface area contributed by atoms with E-state index in [-0.39, 0.29) is 16.9 Å². The van der Waals surface area contributed by atoms with Gasteiger partial charge in [0.25, 0.3) is 0 Å². The Hall–Kier alpha value is -1.55. The lowest BCUT2D eigenvalue weighted by Gasteiger charge is -2.09. The second-order valence-corrected chi connectivity index (χ2v) is 5.23. The fraction of sp³-hybridized carbons (Fsp3) is 0.214. The molecular weight excluding hydrogens is 251 g/mol. The SMILES string of the molecule is CC(SCc1ccco1)C(=O)c1ccc(F)cc1. The molecule has 2 aromatic rings. The first kappa shape index (κ1) is 12.9. The highest BCUT2D eigenvalue weighted by Gasteiger charge is 2.16. The number of carbonyl (C=O) groups is 1. The predicted molar refractivity (Wildman–Crippen MR) is 70.2 cm³/mol. The van der Waals surface area contributed by atoms with Gasteiger partial charge in [-0.2, -0.15) is 0 Å². The summed E-state index contributed by atoms with van der Waals surface area (Å²) in [5.74, 6) is 1.17. The van der Waals surface area contributed by atoms with Crippen LogP contribution in [-0.2, 0) is 5.75 Å². The van der Waals surface area contributed by atoms with E-state index in [0.717, 1.165) is 5.76 Å². The molecule has 18 heavy (non-hydrogen) atoms. The molecule has 0 saturated heterocycles. The van der Waals surface area contributed by atoms with Crippen molar-refractivity contribution in [2.24, 2.45) is 0 Å². The van der Waals surface area contributed by atoms with Gasteiger partial charge in [-0.25, -0.2) is 4.39 Å². The van der Waals surface area contributed by atoms with E-state index in [0.29, 0.717) is 11.3 Å². The van der Waals surface area contributed by atoms with Gasteiger partial charge in [-0.1, -0.05) is 0 Å². The van der Waals surface area contributed by atoms with Crippen LogP contribution in [0.2, 0.25) is 0 Å². The maximum Gasteiger partial charge on any atom is 0.175 e. The van der Waals surface area contributed by atoms with Crippen molar-refractivity contribution in [1.82, 2.24) is 0 Å². The van der Waals surface area contributed by atoms with Crippen LogP contribution in [0.15, 0.2) is 47.1 Å². The zero-order chi connectivity index (χ0) is 13.0. The summed E-state index contributed by atoms with van der Waals surface area (Å²) in [4.78, 5) is 12.0. The molecule has 0 saturated carbocycles. The fourth-order valence-electron chi connectivity index (χ4n) is 1.53. The average Bonchev–Trinajstić information content (AvgIpc) is 2.89. The van der Waals surface area contributed by atoms with E-state index in [4.69, 9.17) is 4.42 Å². The molecule has 1 atom stereocenters. The van der Waals surface area contributed by atoms with Gasteiger partial charge < -0.3 is 4.42 Å². The number of Topliss-reactive ketones (excluding diaryl/α,β-unsaturated/α-hetero) is 1. The Balaban J connectivity index is 1.94. The third-order valence-electron chi connectivity index (χ3n) is 2.55. The van der Waals surface area contributed by atoms with Crippen molar-refractivity contribution >= 4 is 17.5 Å². The molecule has 0 spiro atoms. The molecule has 4 heteroatoms. The van der Waals surface area contributed by atoms with Gasteiger partial charge in [-0.3, -0.25) is 4.79 Å². The van der Waals surface area contributed by atoms with Crippen molar-refractivity contribution < 1.29 is 13.6 Å². The van der Waals surface area contributed by atoms with Crippen LogP contribution in [0.5, 0.6) is 0 Å². The minimum Gasteiger partial charge on any atom is -0.468 e. The molecule has 0 aliphatic rings. The van der Waals surface area contributed by atoms with E-state index in [1.807, 2.05) is 19.1 Å². The van der Waals surface area contributed by atoms with Gasteiger partial charge in [-0.05, 0) is 43.3 Å². The minimum absolute atomic E-state index is 0.00607. The molecule has 0 fully saturated rings. The van der Waals surface area contributed by atoms with Gasteiger partial charge >= 0.3 is 0 Å². The normalized spacial score (nSPS) is 12.3. The highest BCUT2D eigenvalue weighted by Crippen LogP contribution is 2.21. The zero-order valence-corrected chi connectivity index (χ0v) is 10.7. The second-order valence-electron chi connectivity index (χ2n) is 3.90. The maximum atomic E-state index is 12.8. The van der Waals surface area contributed by atoms with Crippen LogP contribution in [0, 0.1) is 5.82 Å². The van der Waals surface area contributed by atoms with Crippen LogP contribution in [0.3, 0.4) is 0 Å². The lowest BCUT2D eigenvalue weighted by Crippen LogP contribution is -2.13. The highest BCUT2D eigenvalue weighted by molar-refractivity contribution is 7.99. The number of carbonyl (C=O) groups excluding carboxylic acids is 1. The number of benzene rings is 1. The molecule has 0 aliphatic carbocycles. The zero-order valence-electron chi connectivity index (χ0n) is 9.93. The lowest BCUT2D eigenvalue weighted by molar-refractivity contribution is 0.0994. The summed E-state index contributed by atoms with van der Waals surface area (Å²) in [7, 11) is 0. The monoisotopic (exact) mass is 264 g/mol. The largest absolute Gasteiger partial charge is 0.468 e. The molecule has 1 heterocycles. The molecule has 0 radical (unpaired) electrons. The van der Waals surface area contributed by atoms with Gasteiger partial charge in [0.15, 0.2) is 5.78 Å². The van der Waals surface area contributed by atoms with Gasteiger partial charge in [0.1, 0.15) is 11.6 Å².